The maximum atomic E-state index is 13.0. The molecule has 0 spiro atoms. The molecular weight excluding hydrogens is 436 g/mol. The van der Waals surface area contributed by atoms with E-state index in [-0.39, 0.29) is 36.3 Å². The normalized spacial score (nSPS) is 24.4. The van der Waals surface area contributed by atoms with Crippen molar-refractivity contribution in [3.05, 3.63) is 59.7 Å². The Morgan fingerprint density at radius 3 is 2.26 bits per heavy atom. The second kappa shape index (κ2) is 9.10. The lowest BCUT2D eigenvalue weighted by Crippen LogP contribution is -2.50. The summed E-state index contributed by atoms with van der Waals surface area (Å²) in [4.78, 5) is 41.7. The van der Waals surface area contributed by atoms with E-state index in [1.807, 2.05) is 24.3 Å². The minimum atomic E-state index is -1.15. The first-order chi connectivity index (χ1) is 16.4. The van der Waals surface area contributed by atoms with Crippen molar-refractivity contribution >= 4 is 18.0 Å². The number of nitrogens with one attached hydrogen (secondary N) is 1. The number of carbonyl (C=O) groups is 3. The minimum absolute atomic E-state index is 0.0360. The van der Waals surface area contributed by atoms with Crippen LogP contribution >= 0.6 is 0 Å². The second-order valence-electron chi connectivity index (χ2n) is 9.36. The van der Waals surface area contributed by atoms with Crippen LogP contribution in [0.4, 0.5) is 4.79 Å². The number of carbonyl (C=O) groups excluding carboxylic acids is 2. The molecule has 2 aromatic rings. The predicted octanol–water partition coefficient (Wildman–Crippen LogP) is 3.41. The van der Waals surface area contributed by atoms with Crippen LogP contribution in [0.5, 0.6) is 0 Å². The van der Waals surface area contributed by atoms with E-state index >= 15 is 0 Å². The topological polar surface area (TPSA) is 105 Å². The Kier molecular flexibility index (Phi) is 6.00. The van der Waals surface area contributed by atoms with Crippen molar-refractivity contribution < 1.29 is 29.1 Å². The molecule has 0 saturated heterocycles. The summed E-state index contributed by atoms with van der Waals surface area (Å²) < 4.78 is 5.69. The lowest BCUT2D eigenvalue weighted by Gasteiger charge is -2.32. The van der Waals surface area contributed by atoms with Crippen LogP contribution in [-0.4, -0.2) is 54.4 Å². The van der Waals surface area contributed by atoms with Crippen LogP contribution in [0.15, 0.2) is 48.5 Å². The number of nitrogens with zero attached hydrogens (tertiary/aromatic N) is 1. The van der Waals surface area contributed by atoms with Crippen LogP contribution in [0.1, 0.15) is 36.3 Å². The molecule has 0 aliphatic heterocycles. The molecule has 5 rings (SSSR count). The highest BCUT2D eigenvalue weighted by atomic mass is 16.7. The van der Waals surface area contributed by atoms with Crippen LogP contribution in [0, 0.1) is 17.8 Å². The first-order valence-electron chi connectivity index (χ1n) is 11.7. The second-order valence-corrected chi connectivity index (χ2v) is 9.36. The highest BCUT2D eigenvalue weighted by molar-refractivity contribution is 5.81. The van der Waals surface area contributed by atoms with Gasteiger partial charge in [0, 0.05) is 19.0 Å². The number of hydroxylamine groups is 2. The van der Waals surface area contributed by atoms with Gasteiger partial charge in [-0.3, -0.25) is 9.63 Å². The number of alkyl carbamates (subject to hydrolysis) is 1. The quantitative estimate of drug-likeness (QED) is 0.609. The molecule has 2 saturated carbocycles. The molecule has 2 aromatic carbocycles. The predicted molar refractivity (Wildman–Crippen MR) is 123 cm³/mol. The molecule has 3 aliphatic rings. The van der Waals surface area contributed by atoms with Crippen molar-refractivity contribution in [2.75, 3.05) is 20.3 Å². The van der Waals surface area contributed by atoms with Gasteiger partial charge in [-0.05, 0) is 53.4 Å². The third-order valence-corrected chi connectivity index (χ3v) is 7.52. The smallest absolute Gasteiger partial charge is 0.407 e. The number of benzene rings is 2. The number of hydrogen-bond donors (Lipinski definition) is 2. The third kappa shape index (κ3) is 4.03. The molecule has 0 radical (unpaired) electrons. The van der Waals surface area contributed by atoms with E-state index in [4.69, 9.17) is 14.7 Å². The van der Waals surface area contributed by atoms with Crippen LogP contribution in [0.2, 0.25) is 0 Å². The zero-order valence-corrected chi connectivity index (χ0v) is 19.0. The average molecular weight is 465 g/mol. The molecule has 2 N–H and O–H groups in total. The van der Waals surface area contributed by atoms with Crippen LogP contribution in [0.25, 0.3) is 11.1 Å². The summed E-state index contributed by atoms with van der Waals surface area (Å²) in [6.45, 7) is -0.381. The summed E-state index contributed by atoms with van der Waals surface area (Å²) in [6.07, 6.45) is 2.18. The Morgan fingerprint density at radius 1 is 1.00 bits per heavy atom. The summed E-state index contributed by atoms with van der Waals surface area (Å²) in [5.74, 6) is -1.60. The van der Waals surface area contributed by atoms with Crippen molar-refractivity contribution in [1.29, 1.82) is 0 Å². The number of hydrogen-bond acceptors (Lipinski definition) is 5. The van der Waals surface area contributed by atoms with Gasteiger partial charge in [0.15, 0.2) is 6.61 Å². The van der Waals surface area contributed by atoms with E-state index in [2.05, 4.69) is 29.6 Å². The van der Waals surface area contributed by atoms with Crippen LogP contribution < -0.4 is 5.32 Å². The molecule has 3 aliphatic carbocycles. The zero-order valence-electron chi connectivity index (χ0n) is 19.0. The Bertz CT molecular complexity index is 1070. The van der Waals surface area contributed by atoms with Crippen molar-refractivity contribution in [1.82, 2.24) is 10.4 Å². The van der Waals surface area contributed by atoms with Gasteiger partial charge < -0.3 is 15.2 Å². The number of ether oxygens (including phenoxy) is 1. The largest absolute Gasteiger partial charge is 0.479 e. The highest BCUT2D eigenvalue weighted by Crippen LogP contribution is 2.49. The van der Waals surface area contributed by atoms with Gasteiger partial charge >= 0.3 is 12.1 Å². The van der Waals surface area contributed by atoms with Gasteiger partial charge in [-0.1, -0.05) is 48.5 Å². The maximum absolute atomic E-state index is 13.0. The zero-order chi connectivity index (χ0) is 23.8. The summed E-state index contributed by atoms with van der Waals surface area (Å²) in [5, 5.41) is 12.8. The van der Waals surface area contributed by atoms with Gasteiger partial charge in [-0.25, -0.2) is 14.7 Å². The van der Waals surface area contributed by atoms with Crippen LogP contribution in [0.3, 0.4) is 0 Å². The van der Waals surface area contributed by atoms with Crippen molar-refractivity contribution in [3.8, 4) is 11.1 Å². The van der Waals surface area contributed by atoms with Gasteiger partial charge in [-0.2, -0.15) is 0 Å². The number of carboxylic acids is 1. The van der Waals surface area contributed by atoms with E-state index in [0.717, 1.165) is 46.6 Å². The molecule has 178 valence electrons. The minimum Gasteiger partial charge on any atom is -0.479 e. The molecule has 4 unspecified atom stereocenters. The molecule has 0 heterocycles. The molecule has 0 aromatic heterocycles. The Labute approximate surface area is 197 Å². The maximum Gasteiger partial charge on any atom is 0.407 e. The highest BCUT2D eigenvalue weighted by Gasteiger charge is 2.52. The van der Waals surface area contributed by atoms with Crippen molar-refractivity contribution in [2.24, 2.45) is 17.8 Å². The number of carboxylic acid groups (broad SMARTS) is 1. The van der Waals surface area contributed by atoms with Crippen LogP contribution in [-0.2, 0) is 19.2 Å². The first kappa shape index (κ1) is 22.4. The molecule has 2 bridgehead atoms. The Balaban J connectivity index is 1.25. The third-order valence-electron chi connectivity index (χ3n) is 7.52. The number of aliphatic carboxylic acids is 1. The van der Waals surface area contributed by atoms with Gasteiger partial charge in [-0.15, -0.1) is 0 Å². The summed E-state index contributed by atoms with van der Waals surface area (Å²) in [6, 6.07) is 16.0. The molecule has 4 atom stereocenters. The first-order valence-corrected chi connectivity index (χ1v) is 11.7. The van der Waals surface area contributed by atoms with E-state index in [9.17, 15) is 14.4 Å². The number of amides is 2. The molecule has 8 heteroatoms. The fourth-order valence-electron chi connectivity index (χ4n) is 6.06. The summed E-state index contributed by atoms with van der Waals surface area (Å²) >= 11 is 0. The molecule has 2 fully saturated rings. The number of fused-ring (bicyclic) bond motifs is 5. The van der Waals surface area contributed by atoms with Gasteiger partial charge in [0.1, 0.15) is 6.61 Å². The molecule has 2 amide bonds. The van der Waals surface area contributed by atoms with E-state index in [1.54, 1.807) is 0 Å². The SMILES string of the molecule is CN(OCC(=O)O)C(=O)C1C2CCC(C2)C1NC(=O)OCC1c2ccccc2-c2ccccc21. The standard InChI is InChI=1S/C26H28N2O6/c1-28(34-14-22(29)30)25(31)23-15-10-11-16(12-15)24(23)27-26(32)33-13-21-19-8-4-2-6-17(19)18-7-3-5-9-20(18)21/h2-9,15-16,21,23-24H,10-14H2,1H3,(H,27,32)(H,29,30). The fraction of sp³-hybridized carbons (Fsp3) is 0.423. The van der Waals surface area contributed by atoms with Gasteiger partial charge in [0.25, 0.3) is 5.91 Å². The van der Waals surface area contributed by atoms with Crippen molar-refractivity contribution in [2.45, 2.75) is 31.2 Å². The molecule has 8 nitrogen and oxygen atoms in total. The lowest BCUT2D eigenvalue weighted by atomic mass is 9.84. The van der Waals surface area contributed by atoms with Gasteiger partial charge in [0.05, 0.1) is 5.92 Å². The Morgan fingerprint density at radius 2 is 1.62 bits per heavy atom. The molecule has 34 heavy (non-hydrogen) atoms. The van der Waals surface area contributed by atoms with E-state index in [1.165, 1.54) is 7.05 Å². The summed E-state index contributed by atoms with van der Waals surface area (Å²) in [7, 11) is 1.42. The average Bonchev–Trinajstić information content (AvgIpc) is 3.53. The number of rotatable bonds is 7. The lowest BCUT2D eigenvalue weighted by molar-refractivity contribution is -0.191. The van der Waals surface area contributed by atoms with E-state index < -0.39 is 24.6 Å². The summed E-state index contributed by atoms with van der Waals surface area (Å²) in [5.41, 5.74) is 4.61. The van der Waals surface area contributed by atoms with Gasteiger partial charge in [0.2, 0.25) is 0 Å². The monoisotopic (exact) mass is 464 g/mol. The van der Waals surface area contributed by atoms with Crippen molar-refractivity contribution in [3.63, 3.8) is 0 Å². The fourth-order valence-corrected chi connectivity index (χ4v) is 6.06. The Hall–Kier alpha value is -3.39. The van der Waals surface area contributed by atoms with E-state index in [0.29, 0.717) is 0 Å². The molecular formula is C26H28N2O6.